The first-order chi connectivity index (χ1) is 18.2. The zero-order valence-electron chi connectivity index (χ0n) is 22.3. The van der Waals surface area contributed by atoms with Gasteiger partial charge in [0.15, 0.2) is 5.78 Å². The van der Waals surface area contributed by atoms with E-state index >= 15 is 0 Å². The molecule has 3 N–H and O–H groups in total. The fraction of sp³-hybridized carbons (Fsp3) is 0.355. The van der Waals surface area contributed by atoms with Crippen LogP contribution in [-0.2, 0) is 10.3 Å². The maximum Gasteiger partial charge on any atom is 0.259 e. The first-order valence-corrected chi connectivity index (χ1v) is 13.6. The monoisotopic (exact) mass is 529 g/mol. The number of rotatable bonds is 10. The number of aryl methyl sites for hydroxylation is 1. The van der Waals surface area contributed by atoms with Crippen LogP contribution in [0, 0.1) is 6.92 Å². The number of allylic oxidation sites excluding steroid dienone is 2. The average Bonchev–Trinajstić information content (AvgIpc) is 3.50. The fourth-order valence-corrected chi connectivity index (χ4v) is 6.06. The van der Waals surface area contributed by atoms with E-state index in [-0.39, 0.29) is 5.57 Å². The van der Waals surface area contributed by atoms with E-state index in [1.165, 1.54) is 44.9 Å². The number of ketones is 1. The van der Waals surface area contributed by atoms with Crippen molar-refractivity contribution in [1.29, 1.82) is 0 Å². The zero-order valence-corrected chi connectivity index (χ0v) is 23.3. The molecule has 2 aromatic rings. The van der Waals surface area contributed by atoms with Crippen molar-refractivity contribution < 1.29 is 14.3 Å². The first-order valence-electron chi connectivity index (χ1n) is 13.0. The highest BCUT2D eigenvalue weighted by atomic mass is 31.0. The summed E-state index contributed by atoms with van der Waals surface area (Å²) in [6.07, 6.45) is 8.30. The number of nitrogens with one attached hydrogen (secondary N) is 1. The lowest BCUT2D eigenvalue weighted by atomic mass is 9.88. The molecule has 2 bridgehead atoms. The molecule has 2 aliphatic rings. The van der Waals surface area contributed by atoms with E-state index in [1.54, 1.807) is 18.2 Å². The van der Waals surface area contributed by atoms with E-state index in [0.29, 0.717) is 35.5 Å². The number of carbonyl (C=O) groups excluding carboxylic acids is 2. The van der Waals surface area contributed by atoms with Crippen LogP contribution in [0.3, 0.4) is 0 Å². The van der Waals surface area contributed by atoms with Crippen LogP contribution in [0.1, 0.15) is 60.5 Å². The third-order valence-electron chi connectivity index (χ3n) is 7.69. The molecular weight excluding hydrogens is 493 g/mol. The highest BCUT2D eigenvalue weighted by Gasteiger charge is 2.40. The van der Waals surface area contributed by atoms with E-state index in [4.69, 9.17) is 10.5 Å². The van der Waals surface area contributed by atoms with E-state index in [9.17, 15) is 9.59 Å². The molecular formula is C31H36N3O3P. The summed E-state index contributed by atoms with van der Waals surface area (Å²) in [5, 5.41) is 2.98. The quantitative estimate of drug-likeness (QED) is 0.0781. The number of anilines is 2. The lowest BCUT2D eigenvalue weighted by Crippen LogP contribution is -2.36. The molecule has 0 aromatic heterocycles. The van der Waals surface area contributed by atoms with Crippen molar-refractivity contribution in [1.82, 2.24) is 0 Å². The van der Waals surface area contributed by atoms with Gasteiger partial charge in [0.2, 0.25) is 0 Å². The molecule has 0 radical (unpaired) electrons. The van der Waals surface area contributed by atoms with Crippen LogP contribution < -0.4 is 20.7 Å². The number of fused-ring (bicyclic) bond motifs is 2. The molecule has 1 amide bonds. The predicted octanol–water partition coefficient (Wildman–Crippen LogP) is 5.73. The minimum absolute atomic E-state index is 0.0319. The van der Waals surface area contributed by atoms with Gasteiger partial charge >= 0.3 is 0 Å². The van der Waals surface area contributed by atoms with E-state index < -0.39 is 17.2 Å². The Balaban J connectivity index is 1.71. The van der Waals surface area contributed by atoms with Gasteiger partial charge in [-0.1, -0.05) is 18.4 Å². The highest BCUT2D eigenvalue weighted by Crippen LogP contribution is 2.43. The van der Waals surface area contributed by atoms with Crippen molar-refractivity contribution in [2.24, 2.45) is 5.73 Å². The lowest BCUT2D eigenvalue weighted by Gasteiger charge is -2.31. The molecule has 2 saturated heterocycles. The minimum atomic E-state index is -0.753. The Morgan fingerprint density at radius 2 is 1.89 bits per heavy atom. The van der Waals surface area contributed by atoms with Gasteiger partial charge in [0, 0.05) is 34.6 Å². The second-order valence-electron chi connectivity index (χ2n) is 10.3. The summed E-state index contributed by atoms with van der Waals surface area (Å²) >= 11 is 0. The van der Waals surface area contributed by atoms with Crippen molar-refractivity contribution in [3.05, 3.63) is 83.1 Å². The van der Waals surface area contributed by atoms with Crippen molar-refractivity contribution in [2.75, 3.05) is 17.3 Å². The van der Waals surface area contributed by atoms with Crippen LogP contribution in [0.5, 0.6) is 5.75 Å². The van der Waals surface area contributed by atoms with Crippen LogP contribution in [0.4, 0.5) is 11.4 Å². The normalized spacial score (nSPS) is 19.9. The molecule has 0 aliphatic carbocycles. The van der Waals surface area contributed by atoms with E-state index in [0.717, 1.165) is 16.8 Å². The van der Waals surface area contributed by atoms with Gasteiger partial charge in [-0.15, -0.1) is 14.6 Å². The zero-order chi connectivity index (χ0) is 27.4. The maximum atomic E-state index is 13.6. The van der Waals surface area contributed by atoms with Crippen LogP contribution in [0.25, 0.3) is 0 Å². The molecule has 4 rings (SSSR count). The van der Waals surface area contributed by atoms with Gasteiger partial charge in [-0.25, -0.2) is 0 Å². The van der Waals surface area contributed by atoms with Crippen molar-refractivity contribution in [3.8, 4) is 5.75 Å². The van der Waals surface area contributed by atoms with Crippen LogP contribution in [0.2, 0.25) is 0 Å². The van der Waals surface area contributed by atoms with Crippen LogP contribution in [0.15, 0.2) is 66.4 Å². The second kappa shape index (κ2) is 11.5. The number of carbonyl (C=O) groups is 2. The summed E-state index contributed by atoms with van der Waals surface area (Å²) in [7, 11) is 4.99. The largest absolute Gasteiger partial charge is 0.497 e. The number of Topliss-reactive ketones (excluding diaryl/α,β-unsaturated/α-hetero) is 1. The summed E-state index contributed by atoms with van der Waals surface area (Å²) in [4.78, 5) is 29.7. The number of methoxy groups -OCH3 is 1. The second-order valence-corrected chi connectivity index (χ2v) is 10.7. The van der Waals surface area contributed by atoms with Gasteiger partial charge in [-0.2, -0.15) is 0 Å². The molecule has 2 aromatic carbocycles. The Labute approximate surface area is 227 Å². The van der Waals surface area contributed by atoms with Gasteiger partial charge in [-0.05, 0) is 99.6 Å². The molecule has 2 fully saturated rings. The third kappa shape index (κ3) is 5.54. The summed E-state index contributed by atoms with van der Waals surface area (Å²) in [5.41, 5.74) is 12.3. The first kappa shape index (κ1) is 27.6. The van der Waals surface area contributed by atoms with Crippen LogP contribution in [-0.4, -0.2) is 36.7 Å². The van der Waals surface area contributed by atoms with Gasteiger partial charge in [0.05, 0.1) is 12.7 Å². The van der Waals surface area contributed by atoms with Gasteiger partial charge in [0.25, 0.3) is 5.91 Å². The van der Waals surface area contributed by atoms with Crippen molar-refractivity contribution >= 4 is 37.7 Å². The molecule has 198 valence electrons. The molecule has 38 heavy (non-hydrogen) atoms. The third-order valence-corrected chi connectivity index (χ3v) is 7.89. The topological polar surface area (TPSA) is 84.7 Å². The molecule has 2 heterocycles. The lowest BCUT2D eigenvalue weighted by molar-refractivity contribution is -0.112. The van der Waals surface area contributed by atoms with Crippen LogP contribution >= 0.6 is 8.86 Å². The summed E-state index contributed by atoms with van der Waals surface area (Å²) < 4.78 is 5.30. The number of ether oxygens (including phenoxy) is 1. The molecule has 0 saturated carbocycles. The van der Waals surface area contributed by atoms with Gasteiger partial charge in [0.1, 0.15) is 5.75 Å². The molecule has 1 unspecified atom stereocenters. The molecule has 0 spiro atoms. The molecule has 1 atom stereocenters. The summed E-state index contributed by atoms with van der Waals surface area (Å²) in [6.45, 7) is 7.33. The Morgan fingerprint density at radius 3 is 2.50 bits per heavy atom. The van der Waals surface area contributed by atoms with Gasteiger partial charge in [-0.3, -0.25) is 9.59 Å². The predicted molar refractivity (Wildman–Crippen MR) is 158 cm³/mol. The summed E-state index contributed by atoms with van der Waals surface area (Å²) in [6, 6.07) is 12.4. The van der Waals surface area contributed by atoms with Crippen molar-refractivity contribution in [3.63, 3.8) is 0 Å². The number of hydrogen-bond donors (Lipinski definition) is 2. The Hall–Kier alpha value is -3.43. The fourth-order valence-electron chi connectivity index (χ4n) is 5.63. The smallest absolute Gasteiger partial charge is 0.259 e. The highest BCUT2D eigenvalue weighted by molar-refractivity contribution is 7.18. The van der Waals surface area contributed by atoms with Gasteiger partial charge < -0.3 is 20.7 Å². The molecule has 7 heteroatoms. The number of nitrogens with two attached hydrogens (primary N) is 1. The van der Waals surface area contributed by atoms with Crippen molar-refractivity contribution in [2.45, 2.75) is 63.6 Å². The number of hydrogen-bond acceptors (Lipinski definition) is 5. The molecule has 2 aliphatic heterocycles. The number of nitrogens with zero attached hydrogens (tertiary/aromatic N) is 1. The van der Waals surface area contributed by atoms with E-state index in [2.05, 4.69) is 37.5 Å². The number of amides is 1. The Bertz CT molecular complexity index is 1320. The Morgan fingerprint density at radius 1 is 1.21 bits per heavy atom. The standard InChI is InChI=1S/C31H36N3O3P/c1-5-6-7-25(29(35)26-19-24(37-4)14-8-20(26)2)30(36)33-28-15-13-23(18-27(28)31(3,32)16-17-38)34-21-9-10-22(34)12-11-21/h6-8,13-15,17-19,21-22,38H,1,9-12,16,32H2,2-4H3,(H,33,36). The molecule has 6 nitrogen and oxygen atoms in total. The SMILES string of the molecule is C=C=CC=C(C(=O)Nc1ccc(N2C3CCC2CC3)cc1C(C)(N)CC=P)C(=O)c1cc(OC)ccc1C. The average molecular weight is 530 g/mol. The van der Waals surface area contributed by atoms with E-state index in [1.807, 2.05) is 31.8 Å². The maximum absolute atomic E-state index is 13.6. The Kier molecular flexibility index (Phi) is 8.38. The summed E-state index contributed by atoms with van der Waals surface area (Å²) in [5.74, 6) is 1.43. The number of benzene rings is 2. The minimum Gasteiger partial charge on any atom is -0.497 e.